The molecule has 198 valence electrons. The fourth-order valence-corrected chi connectivity index (χ4v) is 4.32. The van der Waals surface area contributed by atoms with E-state index in [2.05, 4.69) is 4.74 Å². The molecule has 0 N–H and O–H groups in total. The van der Waals surface area contributed by atoms with Crippen LogP contribution < -0.4 is 4.74 Å². The lowest BCUT2D eigenvalue weighted by molar-refractivity contribution is 0.0716. The van der Waals surface area contributed by atoms with E-state index in [0.29, 0.717) is 5.56 Å². The molecule has 7 heteroatoms. The summed E-state index contributed by atoms with van der Waals surface area (Å²) in [6.45, 7) is 0. The van der Waals surface area contributed by atoms with Gasteiger partial charge in [-0.25, -0.2) is 18.0 Å². The van der Waals surface area contributed by atoms with Crippen LogP contribution >= 0.6 is 0 Å². The van der Waals surface area contributed by atoms with Crippen molar-refractivity contribution in [2.45, 2.75) is 0 Å². The third-order valence-electron chi connectivity index (χ3n) is 6.21. The second-order valence-corrected chi connectivity index (χ2v) is 8.71. The molecular weight excluding hydrogens is 523 g/mol. The van der Waals surface area contributed by atoms with Crippen LogP contribution in [0.1, 0.15) is 32.6 Å². The molecule has 0 bridgehead atoms. The van der Waals surface area contributed by atoms with E-state index in [-0.39, 0.29) is 5.56 Å². The van der Waals surface area contributed by atoms with Gasteiger partial charge in [0, 0.05) is 0 Å². The zero-order valence-electron chi connectivity index (χ0n) is 20.7. The van der Waals surface area contributed by atoms with Gasteiger partial charge in [0.15, 0.2) is 0 Å². The largest absolute Gasteiger partial charge is 0.416 e. The maximum absolute atomic E-state index is 14.0. The van der Waals surface area contributed by atoms with Gasteiger partial charge in [-0.15, -0.1) is 0 Å². The molecule has 40 heavy (non-hydrogen) atoms. The Morgan fingerprint density at radius 1 is 0.400 bits per heavy atom. The summed E-state index contributed by atoms with van der Waals surface area (Å²) < 4.78 is 73.2. The van der Waals surface area contributed by atoms with E-state index in [9.17, 15) is 26.7 Å². The average Bonchev–Trinajstić information content (AvgIpc) is 3.01. The maximum atomic E-state index is 14.0. The molecule has 0 aromatic heterocycles. The van der Waals surface area contributed by atoms with Crippen LogP contribution in [0.5, 0.6) is 5.75 Å². The van der Waals surface area contributed by atoms with Gasteiger partial charge in [-0.2, -0.15) is 8.78 Å². The smallest absolute Gasteiger partial charge is 0.343 e. The third kappa shape index (κ3) is 5.14. The molecule has 5 rings (SSSR count). The van der Waals surface area contributed by atoms with Crippen molar-refractivity contribution in [1.82, 2.24) is 0 Å². The van der Waals surface area contributed by atoms with E-state index < -0.39 is 40.8 Å². The number of carbonyl (C=O) groups excluding carboxylic acids is 1. The summed E-state index contributed by atoms with van der Waals surface area (Å²) in [5, 5.41) is 0. The molecule has 0 radical (unpaired) electrons. The number of hydrogen-bond donors (Lipinski definition) is 0. The fraction of sp³-hybridized carbons (Fsp3) is 0. The molecule has 5 aromatic carbocycles. The highest BCUT2D eigenvalue weighted by atomic mass is 19.2. The Bertz CT molecular complexity index is 1630. The molecule has 0 unspecified atom stereocenters. The summed E-state index contributed by atoms with van der Waals surface area (Å²) in [5.41, 5.74) is 5.11. The van der Waals surface area contributed by atoms with Crippen molar-refractivity contribution in [3.63, 3.8) is 0 Å². The Kier molecular flexibility index (Phi) is 7.55. The maximum Gasteiger partial charge on any atom is 0.343 e. The molecule has 0 aliphatic rings. The summed E-state index contributed by atoms with van der Waals surface area (Å²) in [6, 6.07) is 35.1. The second kappa shape index (κ2) is 11.4. The molecule has 2 nitrogen and oxygen atoms in total. The quantitative estimate of drug-likeness (QED) is 0.0536. The van der Waals surface area contributed by atoms with Gasteiger partial charge < -0.3 is 4.74 Å². The number of carbonyl (C=O) groups is 1. The molecular formula is C33H19F5O2. The van der Waals surface area contributed by atoms with Gasteiger partial charge in [-0.05, 0) is 45.5 Å². The lowest BCUT2D eigenvalue weighted by Gasteiger charge is -2.18. The topological polar surface area (TPSA) is 26.3 Å². The van der Waals surface area contributed by atoms with Crippen molar-refractivity contribution in [2.75, 3.05) is 0 Å². The van der Waals surface area contributed by atoms with Gasteiger partial charge in [-0.3, -0.25) is 0 Å². The van der Waals surface area contributed by atoms with Crippen LogP contribution in [-0.4, -0.2) is 5.97 Å². The molecule has 0 saturated heterocycles. The third-order valence-corrected chi connectivity index (χ3v) is 6.21. The van der Waals surface area contributed by atoms with Crippen LogP contribution in [0.2, 0.25) is 0 Å². The van der Waals surface area contributed by atoms with Gasteiger partial charge in [0.05, 0.1) is 5.56 Å². The SMILES string of the molecule is O=C(Oc1c(F)c(F)c(F)c(F)c1F)c1ccc(C(=C(c2ccccc2)c2ccccc2)c2ccccc2)cc1. The fourth-order valence-electron chi connectivity index (χ4n) is 4.32. The van der Waals surface area contributed by atoms with Crippen molar-refractivity contribution in [1.29, 1.82) is 0 Å². The van der Waals surface area contributed by atoms with Gasteiger partial charge in [0.2, 0.25) is 34.8 Å². The Hall–Kier alpha value is -5.04. The Balaban J connectivity index is 1.61. The van der Waals surface area contributed by atoms with Crippen molar-refractivity contribution in [2.24, 2.45) is 0 Å². The lowest BCUT2D eigenvalue weighted by Crippen LogP contribution is -2.13. The Morgan fingerprint density at radius 3 is 1.07 bits per heavy atom. The monoisotopic (exact) mass is 542 g/mol. The highest BCUT2D eigenvalue weighted by Gasteiger charge is 2.29. The number of ether oxygens (including phenoxy) is 1. The number of hydrogen-bond acceptors (Lipinski definition) is 2. The van der Waals surface area contributed by atoms with Crippen LogP contribution in [0.3, 0.4) is 0 Å². The molecule has 0 aliphatic heterocycles. The van der Waals surface area contributed by atoms with E-state index in [0.717, 1.165) is 27.8 Å². The summed E-state index contributed by atoms with van der Waals surface area (Å²) in [6.07, 6.45) is 0. The van der Waals surface area contributed by atoms with Crippen LogP contribution in [0.15, 0.2) is 115 Å². The van der Waals surface area contributed by atoms with Crippen molar-refractivity contribution < 1.29 is 31.5 Å². The van der Waals surface area contributed by atoms with Crippen LogP contribution in [-0.2, 0) is 0 Å². The van der Waals surface area contributed by atoms with Crippen LogP contribution in [0, 0.1) is 29.1 Å². The molecule has 5 aromatic rings. The number of rotatable bonds is 6. The minimum Gasteiger partial charge on any atom is -0.416 e. The first-order chi connectivity index (χ1) is 19.4. The van der Waals surface area contributed by atoms with E-state index >= 15 is 0 Å². The highest BCUT2D eigenvalue weighted by molar-refractivity contribution is 6.04. The minimum absolute atomic E-state index is 0.152. The number of halogens is 5. The standard InChI is InChI=1S/C33H19F5O2/c34-27-28(35)30(37)32(31(38)29(27)36)40-33(39)24-18-16-23(17-19-24)26(22-14-8-3-9-15-22)25(20-10-4-1-5-11-20)21-12-6-2-7-13-21/h1-19H. The minimum atomic E-state index is -2.34. The first-order valence-corrected chi connectivity index (χ1v) is 12.1. The van der Waals surface area contributed by atoms with Crippen LogP contribution in [0.4, 0.5) is 22.0 Å². The number of esters is 1. The molecule has 0 heterocycles. The summed E-state index contributed by atoms with van der Waals surface area (Å²) in [7, 11) is 0. The van der Waals surface area contributed by atoms with Gasteiger partial charge >= 0.3 is 5.97 Å². The van der Waals surface area contributed by atoms with Crippen molar-refractivity contribution >= 4 is 17.1 Å². The van der Waals surface area contributed by atoms with E-state index in [1.165, 1.54) is 12.1 Å². The molecule has 0 amide bonds. The Labute approximate surface area is 226 Å². The highest BCUT2D eigenvalue weighted by Crippen LogP contribution is 2.37. The first-order valence-electron chi connectivity index (χ1n) is 12.1. The Morgan fingerprint density at radius 2 is 0.700 bits per heavy atom. The molecule has 0 aliphatic carbocycles. The summed E-state index contributed by atoms with van der Waals surface area (Å²) in [5.74, 6) is -14.2. The molecule has 0 atom stereocenters. The molecule has 0 fully saturated rings. The average molecular weight is 543 g/mol. The van der Waals surface area contributed by atoms with Crippen LogP contribution in [0.25, 0.3) is 11.1 Å². The summed E-state index contributed by atoms with van der Waals surface area (Å²) >= 11 is 0. The van der Waals surface area contributed by atoms with E-state index in [1.54, 1.807) is 12.1 Å². The van der Waals surface area contributed by atoms with Gasteiger partial charge in [-0.1, -0.05) is 103 Å². The lowest BCUT2D eigenvalue weighted by atomic mass is 9.85. The van der Waals surface area contributed by atoms with Crippen molar-refractivity contribution in [3.8, 4) is 5.75 Å². The number of benzene rings is 5. The van der Waals surface area contributed by atoms with E-state index in [1.807, 2.05) is 91.0 Å². The zero-order valence-corrected chi connectivity index (χ0v) is 20.7. The molecule has 0 spiro atoms. The predicted molar refractivity (Wildman–Crippen MR) is 142 cm³/mol. The second-order valence-electron chi connectivity index (χ2n) is 8.71. The van der Waals surface area contributed by atoms with E-state index in [4.69, 9.17) is 0 Å². The summed E-state index contributed by atoms with van der Waals surface area (Å²) in [4.78, 5) is 12.6. The van der Waals surface area contributed by atoms with Gasteiger partial charge in [0.25, 0.3) is 0 Å². The van der Waals surface area contributed by atoms with Gasteiger partial charge in [0.1, 0.15) is 0 Å². The normalized spacial score (nSPS) is 10.7. The zero-order chi connectivity index (χ0) is 28.2. The molecule has 0 saturated carbocycles. The van der Waals surface area contributed by atoms with Crippen molar-refractivity contribution in [3.05, 3.63) is 172 Å². The first kappa shape index (κ1) is 26.6. The predicted octanol–water partition coefficient (Wildman–Crippen LogP) is 8.61.